The molecule has 0 unspecified atom stereocenters. The molecule has 7 heteroatoms. The number of pyridine rings is 2. The van der Waals surface area contributed by atoms with Gasteiger partial charge >= 0.3 is 0 Å². The Bertz CT molecular complexity index is 1080. The first-order chi connectivity index (χ1) is 14.7. The fourth-order valence-electron chi connectivity index (χ4n) is 3.22. The lowest BCUT2D eigenvalue weighted by Crippen LogP contribution is -2.44. The van der Waals surface area contributed by atoms with E-state index in [-0.39, 0.29) is 0 Å². The molecule has 4 rings (SSSR count). The van der Waals surface area contributed by atoms with E-state index in [1.165, 1.54) is 0 Å². The molecular formula is C23H21N5O2. The maximum absolute atomic E-state index is 12.1. The molecule has 3 heterocycles. The van der Waals surface area contributed by atoms with E-state index in [2.05, 4.69) is 27.0 Å². The molecule has 0 atom stereocenters. The number of nitrogens with zero attached hydrogens (tertiary/aromatic N) is 3. The standard InChI is InChI=1S/C23H21N5O2/c29-23(27-30)20-14-21(26-22(15-20)28-12-10-24-11-13-28)19-7-5-17(6-8-19)3-4-18-2-1-9-25-16-18/h1-2,5-9,14-16,24,30H,10-13H2,(H,27,29). The molecule has 7 nitrogen and oxygen atoms in total. The van der Waals surface area contributed by atoms with Gasteiger partial charge in [-0.05, 0) is 36.4 Å². The van der Waals surface area contributed by atoms with Crippen molar-refractivity contribution in [1.29, 1.82) is 0 Å². The van der Waals surface area contributed by atoms with Crippen LogP contribution in [-0.4, -0.2) is 47.3 Å². The van der Waals surface area contributed by atoms with Crippen LogP contribution in [0, 0.1) is 11.8 Å². The molecule has 1 aromatic carbocycles. The van der Waals surface area contributed by atoms with Crippen molar-refractivity contribution >= 4 is 11.7 Å². The molecule has 1 amide bonds. The maximum Gasteiger partial charge on any atom is 0.274 e. The normalized spacial score (nSPS) is 13.3. The first kappa shape index (κ1) is 19.6. The van der Waals surface area contributed by atoms with Gasteiger partial charge in [0, 0.05) is 60.8 Å². The average Bonchev–Trinajstić information content (AvgIpc) is 2.83. The minimum Gasteiger partial charge on any atom is -0.354 e. The number of hydrogen-bond donors (Lipinski definition) is 3. The van der Waals surface area contributed by atoms with Crippen molar-refractivity contribution in [3.05, 3.63) is 77.6 Å². The SMILES string of the molecule is O=C(NO)c1cc(-c2ccc(C#Cc3cccnc3)cc2)nc(N2CCNCC2)c1. The topological polar surface area (TPSA) is 90.4 Å². The molecule has 1 saturated heterocycles. The fourth-order valence-corrected chi connectivity index (χ4v) is 3.22. The number of carbonyl (C=O) groups excluding carboxylic acids is 1. The molecule has 1 aliphatic heterocycles. The van der Waals surface area contributed by atoms with E-state index in [1.807, 2.05) is 36.4 Å². The number of hydroxylamine groups is 1. The van der Waals surface area contributed by atoms with Crippen molar-refractivity contribution in [2.45, 2.75) is 0 Å². The van der Waals surface area contributed by atoms with Gasteiger partial charge in [-0.2, -0.15) is 0 Å². The Morgan fingerprint density at radius 2 is 1.83 bits per heavy atom. The number of rotatable bonds is 3. The van der Waals surface area contributed by atoms with Gasteiger partial charge in [-0.25, -0.2) is 10.5 Å². The molecule has 0 aliphatic carbocycles. The Hall–Kier alpha value is -3.73. The van der Waals surface area contributed by atoms with Crippen LogP contribution in [0.25, 0.3) is 11.3 Å². The number of carbonyl (C=O) groups is 1. The van der Waals surface area contributed by atoms with Crippen LogP contribution in [0.4, 0.5) is 5.82 Å². The second kappa shape index (κ2) is 9.18. The summed E-state index contributed by atoms with van der Waals surface area (Å²) in [5.41, 5.74) is 5.32. The summed E-state index contributed by atoms with van der Waals surface area (Å²) in [7, 11) is 0. The van der Waals surface area contributed by atoms with Crippen LogP contribution in [0.1, 0.15) is 21.5 Å². The monoisotopic (exact) mass is 399 g/mol. The summed E-state index contributed by atoms with van der Waals surface area (Å²) in [4.78, 5) is 23.0. The van der Waals surface area contributed by atoms with E-state index in [9.17, 15) is 4.79 Å². The van der Waals surface area contributed by atoms with Gasteiger partial charge < -0.3 is 10.2 Å². The summed E-state index contributed by atoms with van der Waals surface area (Å²) in [6, 6.07) is 14.8. The lowest BCUT2D eigenvalue weighted by atomic mass is 10.1. The lowest BCUT2D eigenvalue weighted by molar-refractivity contribution is 0.0706. The van der Waals surface area contributed by atoms with Crippen LogP contribution < -0.4 is 15.7 Å². The van der Waals surface area contributed by atoms with Gasteiger partial charge in [-0.3, -0.25) is 15.0 Å². The third kappa shape index (κ3) is 4.63. The number of nitrogens with one attached hydrogen (secondary N) is 2. The smallest absolute Gasteiger partial charge is 0.274 e. The number of aromatic nitrogens is 2. The van der Waals surface area contributed by atoms with E-state index >= 15 is 0 Å². The van der Waals surface area contributed by atoms with Crippen LogP contribution in [0.15, 0.2) is 60.9 Å². The molecule has 1 fully saturated rings. The third-order valence-corrected chi connectivity index (χ3v) is 4.81. The zero-order chi connectivity index (χ0) is 20.8. The van der Waals surface area contributed by atoms with Crippen molar-refractivity contribution in [2.75, 3.05) is 31.1 Å². The van der Waals surface area contributed by atoms with Gasteiger partial charge in [0.25, 0.3) is 5.91 Å². The van der Waals surface area contributed by atoms with Gasteiger partial charge in [0.05, 0.1) is 5.69 Å². The number of hydrogen-bond acceptors (Lipinski definition) is 6. The number of piperazine rings is 1. The summed E-state index contributed by atoms with van der Waals surface area (Å²) in [6.07, 6.45) is 3.44. The maximum atomic E-state index is 12.1. The molecule has 1 aliphatic rings. The van der Waals surface area contributed by atoms with Crippen molar-refractivity contribution in [1.82, 2.24) is 20.8 Å². The molecule has 30 heavy (non-hydrogen) atoms. The Kier molecular flexibility index (Phi) is 5.99. The molecule has 0 spiro atoms. The van der Waals surface area contributed by atoms with Gasteiger partial charge in [0.1, 0.15) is 5.82 Å². The molecule has 3 aromatic rings. The Balaban J connectivity index is 1.63. The van der Waals surface area contributed by atoms with Gasteiger partial charge in [-0.1, -0.05) is 24.0 Å². The number of anilines is 1. The second-order valence-corrected chi connectivity index (χ2v) is 6.85. The quantitative estimate of drug-likeness (QED) is 0.355. The van der Waals surface area contributed by atoms with E-state index in [0.29, 0.717) is 17.1 Å². The van der Waals surface area contributed by atoms with Crippen LogP contribution in [-0.2, 0) is 0 Å². The highest BCUT2D eigenvalue weighted by atomic mass is 16.5. The van der Waals surface area contributed by atoms with Crippen LogP contribution in [0.2, 0.25) is 0 Å². The average molecular weight is 399 g/mol. The van der Waals surface area contributed by atoms with Crippen LogP contribution in [0.5, 0.6) is 0 Å². The molecule has 0 saturated carbocycles. The van der Waals surface area contributed by atoms with Crippen LogP contribution in [0.3, 0.4) is 0 Å². The van der Waals surface area contributed by atoms with Crippen molar-refractivity contribution in [3.8, 4) is 23.1 Å². The highest BCUT2D eigenvalue weighted by Gasteiger charge is 2.16. The van der Waals surface area contributed by atoms with Gasteiger partial charge in [-0.15, -0.1) is 0 Å². The number of benzene rings is 1. The summed E-state index contributed by atoms with van der Waals surface area (Å²) in [5, 5.41) is 12.4. The zero-order valence-corrected chi connectivity index (χ0v) is 16.3. The molecule has 150 valence electrons. The van der Waals surface area contributed by atoms with Crippen LogP contribution >= 0.6 is 0 Å². The minimum absolute atomic E-state index is 0.358. The Labute approximate surface area is 174 Å². The van der Waals surface area contributed by atoms with E-state index in [0.717, 1.165) is 42.9 Å². The molecule has 0 radical (unpaired) electrons. The lowest BCUT2D eigenvalue weighted by Gasteiger charge is -2.29. The molecule has 3 N–H and O–H groups in total. The van der Waals surface area contributed by atoms with Gasteiger partial charge in [0.15, 0.2) is 0 Å². The van der Waals surface area contributed by atoms with E-state index in [4.69, 9.17) is 10.2 Å². The summed E-state index contributed by atoms with van der Waals surface area (Å²) >= 11 is 0. The van der Waals surface area contributed by atoms with E-state index < -0.39 is 5.91 Å². The van der Waals surface area contributed by atoms with Crippen molar-refractivity contribution < 1.29 is 10.0 Å². The summed E-state index contributed by atoms with van der Waals surface area (Å²) < 4.78 is 0. The predicted molar refractivity (Wildman–Crippen MR) is 114 cm³/mol. The highest BCUT2D eigenvalue weighted by Crippen LogP contribution is 2.24. The molecular weight excluding hydrogens is 378 g/mol. The predicted octanol–water partition coefficient (Wildman–Crippen LogP) is 2.07. The van der Waals surface area contributed by atoms with Crippen molar-refractivity contribution in [2.24, 2.45) is 0 Å². The fraction of sp³-hybridized carbons (Fsp3) is 0.174. The number of amides is 1. The Morgan fingerprint density at radius 1 is 1.07 bits per heavy atom. The van der Waals surface area contributed by atoms with Gasteiger partial charge in [0.2, 0.25) is 0 Å². The third-order valence-electron chi connectivity index (χ3n) is 4.81. The van der Waals surface area contributed by atoms with E-state index in [1.54, 1.807) is 30.0 Å². The largest absolute Gasteiger partial charge is 0.354 e. The zero-order valence-electron chi connectivity index (χ0n) is 16.3. The van der Waals surface area contributed by atoms with Crippen molar-refractivity contribution in [3.63, 3.8) is 0 Å². The Morgan fingerprint density at radius 3 is 2.53 bits per heavy atom. The first-order valence-electron chi connectivity index (χ1n) is 9.67. The first-order valence-corrected chi connectivity index (χ1v) is 9.67. The second-order valence-electron chi connectivity index (χ2n) is 6.85. The molecule has 2 aromatic heterocycles. The molecule has 0 bridgehead atoms. The highest BCUT2D eigenvalue weighted by molar-refractivity contribution is 5.95. The summed E-state index contributed by atoms with van der Waals surface area (Å²) in [6.45, 7) is 3.33. The summed E-state index contributed by atoms with van der Waals surface area (Å²) in [5.74, 6) is 6.36. The minimum atomic E-state index is -0.561.